The Morgan fingerprint density at radius 3 is 2.08 bits per heavy atom. The number of aryl methyl sites for hydroxylation is 1. The number of halogens is 1. The van der Waals surface area contributed by atoms with Crippen LogP contribution in [0, 0.1) is 18.7 Å². The number of amides is 2. The fourth-order valence-electron chi connectivity index (χ4n) is 5.36. The number of benzene rings is 2. The van der Waals surface area contributed by atoms with E-state index < -0.39 is 10.0 Å². The molecule has 0 spiro atoms. The van der Waals surface area contributed by atoms with E-state index in [9.17, 15) is 22.4 Å². The van der Waals surface area contributed by atoms with Gasteiger partial charge < -0.3 is 9.80 Å². The van der Waals surface area contributed by atoms with Crippen LogP contribution in [0.3, 0.4) is 0 Å². The van der Waals surface area contributed by atoms with Crippen LogP contribution in [0.4, 0.5) is 4.39 Å². The van der Waals surface area contributed by atoms with E-state index in [4.69, 9.17) is 0 Å². The topological polar surface area (TPSA) is 78.0 Å². The maximum atomic E-state index is 13.8. The van der Waals surface area contributed by atoms with Crippen LogP contribution in [0.15, 0.2) is 53.4 Å². The summed E-state index contributed by atoms with van der Waals surface area (Å²) in [4.78, 5) is 30.4. The number of hydrogen-bond acceptors (Lipinski definition) is 4. The molecule has 3 aliphatic rings. The van der Waals surface area contributed by atoms with Crippen molar-refractivity contribution >= 4 is 21.8 Å². The minimum Gasteiger partial charge on any atom is -0.342 e. The van der Waals surface area contributed by atoms with Crippen molar-refractivity contribution in [2.45, 2.75) is 75.4 Å². The SMILES string of the molecule is Cc1ccc(S(=O)(=O)N(CC(=O)N(Cc2ccc(F)cc2)C2CCN(C(=O)C3CCC3)CC2)C2CC2)cc1. The van der Waals surface area contributed by atoms with Gasteiger partial charge in [-0.15, -0.1) is 0 Å². The number of rotatable bonds is 9. The summed E-state index contributed by atoms with van der Waals surface area (Å²) in [5, 5.41) is 0. The predicted molar refractivity (Wildman–Crippen MR) is 142 cm³/mol. The molecule has 3 fully saturated rings. The molecule has 204 valence electrons. The van der Waals surface area contributed by atoms with Gasteiger partial charge in [-0.1, -0.05) is 36.2 Å². The van der Waals surface area contributed by atoms with Gasteiger partial charge in [0.05, 0.1) is 11.4 Å². The fourth-order valence-corrected chi connectivity index (χ4v) is 7.00. The number of carbonyl (C=O) groups excluding carboxylic acids is 2. The zero-order chi connectivity index (χ0) is 26.9. The Morgan fingerprint density at radius 1 is 0.895 bits per heavy atom. The Bertz CT molecular complexity index is 1250. The van der Waals surface area contributed by atoms with Crippen molar-refractivity contribution in [2.75, 3.05) is 19.6 Å². The Balaban J connectivity index is 1.34. The van der Waals surface area contributed by atoms with Gasteiger partial charge in [-0.2, -0.15) is 4.31 Å². The zero-order valence-corrected chi connectivity index (χ0v) is 22.7. The third kappa shape index (κ3) is 5.94. The van der Waals surface area contributed by atoms with E-state index in [1.165, 1.54) is 16.4 Å². The molecular formula is C29H36FN3O4S. The van der Waals surface area contributed by atoms with Crippen molar-refractivity contribution in [3.05, 3.63) is 65.5 Å². The zero-order valence-electron chi connectivity index (χ0n) is 21.9. The maximum Gasteiger partial charge on any atom is 0.243 e. The van der Waals surface area contributed by atoms with Crippen LogP contribution in [0.25, 0.3) is 0 Å². The van der Waals surface area contributed by atoms with Gasteiger partial charge in [-0.05, 0) is 75.3 Å². The van der Waals surface area contributed by atoms with Gasteiger partial charge in [0, 0.05) is 37.6 Å². The first-order valence-corrected chi connectivity index (χ1v) is 15.1. The summed E-state index contributed by atoms with van der Waals surface area (Å²) in [5.41, 5.74) is 1.75. The van der Waals surface area contributed by atoms with Crippen LogP contribution < -0.4 is 0 Å². The van der Waals surface area contributed by atoms with E-state index in [1.807, 2.05) is 11.8 Å². The molecule has 2 aromatic rings. The van der Waals surface area contributed by atoms with Gasteiger partial charge in [0.1, 0.15) is 5.82 Å². The lowest BCUT2D eigenvalue weighted by Gasteiger charge is -2.41. The molecule has 0 bridgehead atoms. The number of hydrogen-bond donors (Lipinski definition) is 0. The summed E-state index contributed by atoms with van der Waals surface area (Å²) in [5.74, 6) is -0.253. The average Bonchev–Trinajstić information content (AvgIpc) is 3.71. The van der Waals surface area contributed by atoms with Crippen LogP contribution in [0.2, 0.25) is 0 Å². The van der Waals surface area contributed by atoms with Crippen LogP contribution in [0.1, 0.15) is 56.1 Å². The van der Waals surface area contributed by atoms with E-state index in [2.05, 4.69) is 0 Å². The van der Waals surface area contributed by atoms with E-state index in [1.54, 1.807) is 41.3 Å². The Labute approximate surface area is 224 Å². The molecule has 38 heavy (non-hydrogen) atoms. The number of piperidine rings is 1. The Kier molecular flexibility index (Phi) is 7.86. The molecule has 0 N–H and O–H groups in total. The van der Waals surface area contributed by atoms with Gasteiger partial charge in [-0.3, -0.25) is 9.59 Å². The second kappa shape index (κ2) is 11.1. The van der Waals surface area contributed by atoms with Gasteiger partial charge in [0.15, 0.2) is 0 Å². The number of likely N-dealkylation sites (tertiary alicyclic amines) is 1. The first kappa shape index (κ1) is 26.8. The smallest absolute Gasteiger partial charge is 0.243 e. The molecular weight excluding hydrogens is 505 g/mol. The maximum absolute atomic E-state index is 13.8. The molecule has 0 unspecified atom stereocenters. The molecule has 2 aliphatic carbocycles. The average molecular weight is 542 g/mol. The minimum absolute atomic E-state index is 0.124. The minimum atomic E-state index is -3.84. The molecule has 7 nitrogen and oxygen atoms in total. The highest BCUT2D eigenvalue weighted by Gasteiger charge is 2.41. The molecule has 5 rings (SSSR count). The second-order valence-corrected chi connectivity index (χ2v) is 12.8. The summed E-state index contributed by atoms with van der Waals surface area (Å²) < 4.78 is 42.0. The predicted octanol–water partition coefficient (Wildman–Crippen LogP) is 4.11. The third-order valence-electron chi connectivity index (χ3n) is 8.13. The van der Waals surface area contributed by atoms with E-state index in [0.717, 1.165) is 43.2 Å². The summed E-state index contributed by atoms with van der Waals surface area (Å²) in [6, 6.07) is 12.5. The number of carbonyl (C=O) groups is 2. The quantitative estimate of drug-likeness (QED) is 0.479. The summed E-state index contributed by atoms with van der Waals surface area (Å²) in [6.45, 7) is 3.10. The van der Waals surface area contributed by atoms with Crippen molar-refractivity contribution in [1.82, 2.24) is 14.1 Å². The molecule has 2 amide bonds. The van der Waals surface area contributed by atoms with Crippen LogP contribution >= 0.6 is 0 Å². The molecule has 0 atom stereocenters. The summed E-state index contributed by atoms with van der Waals surface area (Å²) in [6.07, 6.45) is 5.77. The molecule has 2 saturated carbocycles. The normalized spacial score (nSPS) is 18.9. The Hall–Kier alpha value is -2.78. The molecule has 1 saturated heterocycles. The Morgan fingerprint density at radius 2 is 1.53 bits per heavy atom. The van der Waals surface area contributed by atoms with Crippen LogP contribution in [-0.4, -0.2) is 66.1 Å². The van der Waals surface area contributed by atoms with Crippen molar-refractivity contribution in [3.8, 4) is 0 Å². The van der Waals surface area contributed by atoms with Crippen LogP contribution in [-0.2, 0) is 26.2 Å². The monoisotopic (exact) mass is 541 g/mol. The lowest BCUT2D eigenvalue weighted by atomic mass is 9.84. The second-order valence-electron chi connectivity index (χ2n) is 10.9. The number of nitrogens with zero attached hydrogens (tertiary/aromatic N) is 3. The van der Waals surface area contributed by atoms with Crippen LogP contribution in [0.5, 0.6) is 0 Å². The largest absolute Gasteiger partial charge is 0.342 e. The lowest BCUT2D eigenvalue weighted by Crippen LogP contribution is -2.52. The van der Waals surface area contributed by atoms with Crippen molar-refractivity contribution in [2.24, 2.45) is 5.92 Å². The highest BCUT2D eigenvalue weighted by Crippen LogP contribution is 2.33. The van der Waals surface area contributed by atoms with Gasteiger partial charge in [0.25, 0.3) is 0 Å². The first-order valence-electron chi connectivity index (χ1n) is 13.6. The van der Waals surface area contributed by atoms with E-state index in [0.29, 0.717) is 25.9 Å². The van der Waals surface area contributed by atoms with Gasteiger partial charge in [0.2, 0.25) is 21.8 Å². The van der Waals surface area contributed by atoms with Crippen molar-refractivity contribution < 1.29 is 22.4 Å². The lowest BCUT2D eigenvalue weighted by molar-refractivity contribution is -0.141. The highest BCUT2D eigenvalue weighted by molar-refractivity contribution is 7.89. The molecule has 1 heterocycles. The van der Waals surface area contributed by atoms with E-state index >= 15 is 0 Å². The van der Waals surface area contributed by atoms with Crippen molar-refractivity contribution in [1.29, 1.82) is 0 Å². The molecule has 2 aromatic carbocycles. The number of sulfonamides is 1. The summed E-state index contributed by atoms with van der Waals surface area (Å²) >= 11 is 0. The fraction of sp³-hybridized carbons (Fsp3) is 0.517. The standard InChI is InChI=1S/C29H36FN3O4S/c1-21-5-13-27(14-6-21)38(36,37)33(26-11-12-26)20-28(34)32(19-22-7-9-24(30)10-8-22)25-15-17-31(18-16-25)29(35)23-3-2-4-23/h5-10,13-14,23,25-26H,2-4,11-12,15-20H2,1H3. The first-order chi connectivity index (χ1) is 18.2. The molecule has 1 aliphatic heterocycles. The highest BCUT2D eigenvalue weighted by atomic mass is 32.2. The molecule has 9 heteroatoms. The van der Waals surface area contributed by atoms with Gasteiger partial charge in [-0.25, -0.2) is 12.8 Å². The van der Waals surface area contributed by atoms with Crippen molar-refractivity contribution in [3.63, 3.8) is 0 Å². The summed E-state index contributed by atoms with van der Waals surface area (Å²) in [7, 11) is -3.84. The van der Waals surface area contributed by atoms with Gasteiger partial charge >= 0.3 is 0 Å². The molecule has 0 aromatic heterocycles. The molecule has 0 radical (unpaired) electrons. The third-order valence-corrected chi connectivity index (χ3v) is 10.0. The van der Waals surface area contributed by atoms with E-state index in [-0.39, 0.29) is 53.6 Å².